The lowest BCUT2D eigenvalue weighted by molar-refractivity contribution is 0.0295. The molecule has 9 nitrogen and oxygen atoms in total. The second-order valence-electron chi connectivity index (χ2n) is 7.92. The van der Waals surface area contributed by atoms with E-state index in [-0.39, 0.29) is 11.8 Å². The van der Waals surface area contributed by atoms with Gasteiger partial charge in [-0.2, -0.15) is 10.2 Å². The zero-order valence-electron chi connectivity index (χ0n) is 19.0. The highest BCUT2D eigenvalue weighted by Gasteiger charge is 2.26. The minimum absolute atomic E-state index is 0.160. The van der Waals surface area contributed by atoms with Crippen molar-refractivity contribution in [2.45, 2.75) is 33.9 Å². The number of hydrogen-bond donors (Lipinski definition) is 1. The molecule has 1 aromatic carbocycles. The summed E-state index contributed by atoms with van der Waals surface area (Å²) in [6.07, 6.45) is 1.52. The lowest BCUT2D eigenvalue weighted by atomic mass is 10.1. The second-order valence-corrected chi connectivity index (χ2v) is 8.30. The largest absolute Gasteiger partial charge is 0.378 e. The van der Waals surface area contributed by atoms with Crippen LogP contribution >= 0.6 is 11.6 Å². The normalized spacial score (nSPS) is 13.9. The van der Waals surface area contributed by atoms with Crippen molar-refractivity contribution in [3.63, 3.8) is 0 Å². The van der Waals surface area contributed by atoms with Gasteiger partial charge < -0.3 is 15.0 Å². The van der Waals surface area contributed by atoms with Crippen LogP contribution in [0.2, 0.25) is 5.02 Å². The van der Waals surface area contributed by atoms with Gasteiger partial charge in [0.05, 0.1) is 48.1 Å². The Hall–Kier alpha value is -3.17. The number of nitrogens with one attached hydrogen (secondary N) is 1. The fourth-order valence-electron chi connectivity index (χ4n) is 3.82. The number of ether oxygens (including phenoxy) is 1. The van der Waals surface area contributed by atoms with E-state index in [4.69, 9.17) is 16.3 Å². The van der Waals surface area contributed by atoms with Crippen molar-refractivity contribution in [2.24, 2.45) is 0 Å². The molecule has 0 spiro atoms. The molecule has 1 fully saturated rings. The number of carbonyl (C=O) groups excluding carboxylic acids is 2. The van der Waals surface area contributed by atoms with Crippen LogP contribution in [-0.2, 0) is 17.8 Å². The number of rotatable bonds is 6. The molecule has 1 aliphatic rings. The van der Waals surface area contributed by atoms with E-state index < -0.39 is 0 Å². The summed E-state index contributed by atoms with van der Waals surface area (Å²) in [5.74, 6) is -0.464. The molecule has 4 rings (SSSR count). The summed E-state index contributed by atoms with van der Waals surface area (Å²) >= 11 is 6.23. The van der Waals surface area contributed by atoms with Gasteiger partial charge in [0, 0.05) is 25.2 Å². The van der Waals surface area contributed by atoms with E-state index in [1.807, 2.05) is 37.6 Å². The molecule has 0 atom stereocenters. The number of carbonyl (C=O) groups is 2. The third kappa shape index (κ3) is 4.79. The fraction of sp³-hybridized carbons (Fsp3) is 0.391. The Kier molecular flexibility index (Phi) is 6.80. The van der Waals surface area contributed by atoms with Gasteiger partial charge in [0.1, 0.15) is 5.69 Å². The summed E-state index contributed by atoms with van der Waals surface area (Å²) in [5.41, 5.74) is 3.96. The second kappa shape index (κ2) is 9.76. The van der Waals surface area contributed by atoms with E-state index >= 15 is 0 Å². The number of hydrogen-bond acceptors (Lipinski definition) is 5. The topological polar surface area (TPSA) is 94.3 Å². The Morgan fingerprint density at radius 3 is 2.42 bits per heavy atom. The molecule has 1 saturated heterocycles. The van der Waals surface area contributed by atoms with Gasteiger partial charge in [0.2, 0.25) is 0 Å². The van der Waals surface area contributed by atoms with E-state index in [1.165, 1.54) is 6.20 Å². The molecular weight excluding hydrogens is 444 g/mol. The van der Waals surface area contributed by atoms with Gasteiger partial charge in [-0.25, -0.2) is 0 Å². The molecule has 0 radical (unpaired) electrons. The lowest BCUT2D eigenvalue weighted by Gasteiger charge is -2.27. The highest BCUT2D eigenvalue weighted by atomic mass is 35.5. The maximum atomic E-state index is 13.1. The molecule has 0 unspecified atom stereocenters. The number of morpholine rings is 1. The van der Waals surface area contributed by atoms with Gasteiger partial charge in [-0.15, -0.1) is 0 Å². The van der Waals surface area contributed by atoms with Crippen molar-refractivity contribution in [1.29, 1.82) is 0 Å². The zero-order valence-corrected chi connectivity index (χ0v) is 19.7. The molecule has 0 saturated carbocycles. The van der Waals surface area contributed by atoms with E-state index in [0.717, 1.165) is 17.0 Å². The Bertz CT molecular complexity index is 1160. The highest BCUT2D eigenvalue weighted by Crippen LogP contribution is 2.21. The zero-order chi connectivity index (χ0) is 23.5. The van der Waals surface area contributed by atoms with Crippen molar-refractivity contribution in [1.82, 2.24) is 24.5 Å². The number of amides is 2. The molecule has 174 valence electrons. The summed E-state index contributed by atoms with van der Waals surface area (Å²) in [4.78, 5) is 27.7. The molecule has 3 heterocycles. The number of benzene rings is 1. The minimum Gasteiger partial charge on any atom is -0.378 e. The predicted octanol–water partition coefficient (Wildman–Crippen LogP) is 3.14. The van der Waals surface area contributed by atoms with Crippen LogP contribution in [0.5, 0.6) is 0 Å². The van der Waals surface area contributed by atoms with Gasteiger partial charge >= 0.3 is 0 Å². The van der Waals surface area contributed by atoms with Crippen LogP contribution in [0.1, 0.15) is 44.7 Å². The van der Waals surface area contributed by atoms with Crippen molar-refractivity contribution in [3.05, 3.63) is 63.7 Å². The first-order valence-electron chi connectivity index (χ1n) is 10.9. The number of halogens is 1. The Morgan fingerprint density at radius 2 is 1.82 bits per heavy atom. The summed E-state index contributed by atoms with van der Waals surface area (Å²) in [5, 5.41) is 12.2. The SMILES string of the molecule is CCn1ncc(NC(=O)c2ccc(Cn3nc(C)c(Cl)c3C)cc2)c1C(=O)N1CCOCC1. The standard InChI is InChI=1S/C23H27ClN6O3/c1-4-29-21(23(32)28-9-11-33-12-10-28)19(13-25-29)26-22(31)18-7-5-17(6-8-18)14-30-16(3)20(24)15(2)27-30/h5-8,13H,4,9-12,14H2,1-3H3,(H,26,31). The van der Waals surface area contributed by atoms with Gasteiger partial charge in [-0.3, -0.25) is 19.0 Å². The Labute approximate surface area is 197 Å². The molecule has 1 aliphatic heterocycles. The minimum atomic E-state index is -0.303. The molecule has 3 aromatic rings. The van der Waals surface area contributed by atoms with E-state index in [0.29, 0.717) is 61.4 Å². The van der Waals surface area contributed by atoms with Crippen LogP contribution in [-0.4, -0.2) is 62.6 Å². The molecule has 0 aliphatic carbocycles. The first kappa shape index (κ1) is 23.0. The summed E-state index contributed by atoms with van der Waals surface area (Å²) in [6, 6.07) is 7.28. The number of aryl methyl sites for hydroxylation is 2. The smallest absolute Gasteiger partial charge is 0.274 e. The monoisotopic (exact) mass is 470 g/mol. The molecule has 2 amide bonds. The maximum absolute atomic E-state index is 13.1. The van der Waals surface area contributed by atoms with Crippen LogP contribution in [0.15, 0.2) is 30.5 Å². The number of aromatic nitrogens is 4. The van der Waals surface area contributed by atoms with E-state index in [9.17, 15) is 9.59 Å². The molecule has 1 N–H and O–H groups in total. The van der Waals surface area contributed by atoms with Crippen molar-refractivity contribution < 1.29 is 14.3 Å². The average Bonchev–Trinajstić information content (AvgIpc) is 3.35. The summed E-state index contributed by atoms with van der Waals surface area (Å²) in [7, 11) is 0. The molecular formula is C23H27ClN6O3. The highest BCUT2D eigenvalue weighted by molar-refractivity contribution is 6.31. The summed E-state index contributed by atoms with van der Waals surface area (Å²) < 4.78 is 8.79. The third-order valence-electron chi connectivity index (χ3n) is 5.73. The van der Waals surface area contributed by atoms with Gasteiger partial charge in [0.15, 0.2) is 0 Å². The number of nitrogens with zero attached hydrogens (tertiary/aromatic N) is 5. The Balaban J connectivity index is 1.48. The summed E-state index contributed by atoms with van der Waals surface area (Å²) in [6.45, 7) is 8.83. The van der Waals surface area contributed by atoms with Crippen LogP contribution in [0, 0.1) is 13.8 Å². The maximum Gasteiger partial charge on any atom is 0.274 e. The van der Waals surface area contributed by atoms with Crippen LogP contribution in [0.4, 0.5) is 5.69 Å². The third-order valence-corrected chi connectivity index (χ3v) is 6.28. The van der Waals surface area contributed by atoms with Crippen LogP contribution in [0.25, 0.3) is 0 Å². The van der Waals surface area contributed by atoms with Gasteiger partial charge in [-0.1, -0.05) is 23.7 Å². The molecule has 0 bridgehead atoms. The van der Waals surface area contributed by atoms with Gasteiger partial charge in [0.25, 0.3) is 11.8 Å². The van der Waals surface area contributed by atoms with E-state index in [1.54, 1.807) is 21.7 Å². The average molecular weight is 471 g/mol. The fourth-order valence-corrected chi connectivity index (χ4v) is 3.95. The van der Waals surface area contributed by atoms with Crippen LogP contribution < -0.4 is 5.32 Å². The quantitative estimate of drug-likeness (QED) is 0.597. The first-order chi connectivity index (χ1) is 15.9. The molecule has 33 heavy (non-hydrogen) atoms. The Morgan fingerprint density at radius 1 is 1.12 bits per heavy atom. The van der Waals surface area contributed by atoms with E-state index in [2.05, 4.69) is 15.5 Å². The van der Waals surface area contributed by atoms with Crippen molar-refractivity contribution >= 4 is 29.1 Å². The lowest BCUT2D eigenvalue weighted by Crippen LogP contribution is -2.41. The first-order valence-corrected chi connectivity index (χ1v) is 11.3. The number of anilines is 1. The molecule has 10 heteroatoms. The van der Waals surface area contributed by atoms with Crippen molar-refractivity contribution in [3.8, 4) is 0 Å². The van der Waals surface area contributed by atoms with Crippen LogP contribution in [0.3, 0.4) is 0 Å². The van der Waals surface area contributed by atoms with Crippen molar-refractivity contribution in [2.75, 3.05) is 31.6 Å². The molecule has 2 aromatic heterocycles. The van der Waals surface area contributed by atoms with Gasteiger partial charge in [-0.05, 0) is 38.5 Å². The predicted molar refractivity (Wildman–Crippen MR) is 125 cm³/mol.